The Morgan fingerprint density at radius 2 is 1.20 bits per heavy atom. The van der Waals surface area contributed by atoms with Gasteiger partial charge in [-0.05, 0) is 78.4 Å². The van der Waals surface area contributed by atoms with Crippen LogP contribution < -0.4 is 20.5 Å². The fourth-order valence-electron chi connectivity index (χ4n) is 9.25. The summed E-state index contributed by atoms with van der Waals surface area (Å²) in [6.07, 6.45) is 4.46. The van der Waals surface area contributed by atoms with E-state index >= 15 is 0 Å². The van der Waals surface area contributed by atoms with Crippen molar-refractivity contribution in [2.45, 2.75) is 12.3 Å². The summed E-state index contributed by atoms with van der Waals surface area (Å²) in [6, 6.07) is 67.2. The van der Waals surface area contributed by atoms with E-state index in [0.717, 1.165) is 72.7 Å². The van der Waals surface area contributed by atoms with Crippen molar-refractivity contribution < 1.29 is 14.7 Å². The van der Waals surface area contributed by atoms with Gasteiger partial charge in [0.1, 0.15) is 22.5 Å². The Labute approximate surface area is 341 Å². The SMILES string of the molecule is C1=Cc2cc3c(cc2N(C2=[NH+]C(c4ccccc4)[NH2+]C(c4ccccc4)N2)c2ccc(-c4cccc5c4oc4ccccc45)cc21)c1ccccc1n3-c1ccccc1. The fourth-order valence-corrected chi connectivity index (χ4v) is 9.25. The van der Waals surface area contributed by atoms with Gasteiger partial charge in [0.25, 0.3) is 0 Å². The number of benzene rings is 8. The average Bonchev–Trinajstić information content (AvgIpc) is 3.79. The van der Waals surface area contributed by atoms with E-state index in [9.17, 15) is 0 Å². The third-order valence-corrected chi connectivity index (χ3v) is 12.0. The number of aromatic nitrogens is 1. The third kappa shape index (κ3) is 5.49. The molecule has 0 bridgehead atoms. The van der Waals surface area contributed by atoms with Crippen LogP contribution in [0.25, 0.3) is 72.7 Å². The lowest BCUT2D eigenvalue weighted by Crippen LogP contribution is -3.08. The van der Waals surface area contributed by atoms with Gasteiger partial charge >= 0.3 is 5.96 Å². The number of hydrogen-bond donors (Lipinski definition) is 3. The maximum Gasteiger partial charge on any atom is 0.365 e. The van der Waals surface area contributed by atoms with Crippen molar-refractivity contribution in [1.82, 2.24) is 9.88 Å². The summed E-state index contributed by atoms with van der Waals surface area (Å²) >= 11 is 0. The third-order valence-electron chi connectivity index (χ3n) is 12.0. The smallest absolute Gasteiger partial charge is 0.365 e. The minimum absolute atomic E-state index is 0.0468. The number of furan rings is 1. The molecule has 0 amide bonds. The van der Waals surface area contributed by atoms with E-state index in [1.54, 1.807) is 0 Å². The molecule has 6 nitrogen and oxygen atoms in total. The second-order valence-corrected chi connectivity index (χ2v) is 15.4. The van der Waals surface area contributed by atoms with Gasteiger partial charge in [-0.2, -0.15) is 4.90 Å². The molecule has 2 atom stereocenters. The maximum absolute atomic E-state index is 6.54. The molecule has 2 unspecified atom stereocenters. The summed E-state index contributed by atoms with van der Waals surface area (Å²) in [4.78, 5) is 6.38. The normalized spacial score (nSPS) is 16.2. The summed E-state index contributed by atoms with van der Waals surface area (Å²) in [5.41, 5.74) is 14.2. The Hall–Kier alpha value is -7.67. The molecular weight excluding hydrogens is 723 g/mol. The molecule has 59 heavy (non-hydrogen) atoms. The first kappa shape index (κ1) is 33.5. The summed E-state index contributed by atoms with van der Waals surface area (Å²) in [5.74, 6) is 0.916. The quantitative estimate of drug-likeness (QED) is 0.167. The van der Waals surface area contributed by atoms with Crippen LogP contribution in [0.1, 0.15) is 34.6 Å². The second-order valence-electron chi connectivity index (χ2n) is 15.4. The molecule has 12 rings (SSSR count). The van der Waals surface area contributed by atoms with Gasteiger partial charge in [-0.1, -0.05) is 127 Å². The van der Waals surface area contributed by atoms with Gasteiger partial charge in [-0.3, -0.25) is 5.32 Å². The first-order chi connectivity index (χ1) is 29.2. The first-order valence-corrected chi connectivity index (χ1v) is 20.3. The Morgan fingerprint density at radius 1 is 0.525 bits per heavy atom. The van der Waals surface area contributed by atoms with E-state index in [2.05, 4.69) is 213 Å². The van der Waals surface area contributed by atoms with Crippen molar-refractivity contribution in [3.05, 3.63) is 210 Å². The molecule has 6 heteroatoms. The molecule has 8 aromatic carbocycles. The Bertz CT molecular complexity index is 3290. The number of para-hydroxylation sites is 4. The summed E-state index contributed by atoms with van der Waals surface area (Å²) in [7, 11) is 0. The van der Waals surface area contributed by atoms with E-state index in [-0.39, 0.29) is 12.3 Å². The highest BCUT2D eigenvalue weighted by Gasteiger charge is 2.39. The van der Waals surface area contributed by atoms with Crippen molar-refractivity contribution >= 4 is 73.2 Å². The number of rotatable bonds is 4. The lowest BCUT2D eigenvalue weighted by atomic mass is 9.99. The van der Waals surface area contributed by atoms with Crippen LogP contribution in [-0.4, -0.2) is 10.5 Å². The molecule has 0 fully saturated rings. The van der Waals surface area contributed by atoms with E-state index < -0.39 is 0 Å². The molecule has 10 aromatic rings. The van der Waals surface area contributed by atoms with E-state index in [4.69, 9.17) is 4.42 Å². The van der Waals surface area contributed by atoms with Crippen molar-refractivity contribution in [1.29, 1.82) is 0 Å². The van der Waals surface area contributed by atoms with Crippen molar-refractivity contribution in [2.75, 3.05) is 4.90 Å². The summed E-state index contributed by atoms with van der Waals surface area (Å²) in [5, 5.41) is 11.0. The molecule has 2 aliphatic heterocycles. The fraction of sp³-hybridized carbons (Fsp3) is 0.0377. The monoisotopic (exact) mass is 761 g/mol. The van der Waals surface area contributed by atoms with E-state index in [1.165, 1.54) is 27.4 Å². The van der Waals surface area contributed by atoms with Gasteiger partial charge in [-0.25, -0.2) is 10.3 Å². The lowest BCUT2D eigenvalue weighted by molar-refractivity contribution is -0.881. The Kier molecular flexibility index (Phi) is 7.64. The molecule has 2 aliphatic rings. The molecule has 280 valence electrons. The highest BCUT2D eigenvalue weighted by molar-refractivity contribution is 6.15. The zero-order valence-corrected chi connectivity index (χ0v) is 32.1. The average molecular weight is 762 g/mol. The number of guanidine groups is 1. The van der Waals surface area contributed by atoms with Gasteiger partial charge in [-0.15, -0.1) is 0 Å². The lowest BCUT2D eigenvalue weighted by Gasteiger charge is -2.30. The van der Waals surface area contributed by atoms with Crippen molar-refractivity contribution in [3.8, 4) is 16.8 Å². The van der Waals surface area contributed by atoms with Gasteiger partial charge in [0.15, 0.2) is 0 Å². The van der Waals surface area contributed by atoms with Crippen molar-refractivity contribution in [3.63, 3.8) is 0 Å². The molecule has 4 heterocycles. The van der Waals surface area contributed by atoms with Crippen LogP contribution in [0.4, 0.5) is 11.4 Å². The van der Waals surface area contributed by atoms with E-state index in [1.807, 2.05) is 12.1 Å². The van der Waals surface area contributed by atoms with Crippen LogP contribution >= 0.6 is 0 Å². The minimum Gasteiger partial charge on any atom is -0.455 e. The Morgan fingerprint density at radius 3 is 2.02 bits per heavy atom. The number of quaternary nitrogens is 1. The van der Waals surface area contributed by atoms with Crippen LogP contribution in [0, 0.1) is 0 Å². The number of nitrogens with two attached hydrogens (primary N) is 1. The largest absolute Gasteiger partial charge is 0.455 e. The van der Waals surface area contributed by atoms with Gasteiger partial charge < -0.3 is 8.98 Å². The minimum atomic E-state index is -0.0468. The molecular formula is C53H39N5O+2. The summed E-state index contributed by atoms with van der Waals surface area (Å²) in [6.45, 7) is 0. The molecule has 4 N–H and O–H groups in total. The number of nitrogens with zero attached hydrogens (tertiary/aromatic N) is 2. The number of fused-ring (bicyclic) bond motifs is 8. The second kappa shape index (κ2) is 13.5. The highest BCUT2D eigenvalue weighted by Crippen LogP contribution is 2.44. The van der Waals surface area contributed by atoms with Crippen molar-refractivity contribution in [2.24, 2.45) is 0 Å². The molecule has 0 radical (unpaired) electrons. The van der Waals surface area contributed by atoms with Crippen LogP contribution in [0.2, 0.25) is 0 Å². The van der Waals surface area contributed by atoms with Gasteiger partial charge in [0, 0.05) is 55.0 Å². The highest BCUT2D eigenvalue weighted by atomic mass is 16.3. The standard InChI is InChI=1S/C53H37N5O/c1-4-15-34(16-5-1)51-54-52(35-17-6-2-7-18-35)56-53(55-51)58-45-30-29-36(40-23-14-24-43-42-22-11-13-26-49(42)59-50(40)43)31-37(45)27-28-38-32-48-44(33-47(38)58)41-21-10-12-25-46(41)57(48)39-19-8-3-9-20-39/h1-33,51-52,54H,(H,55,56)/p+2. The molecule has 0 saturated carbocycles. The first-order valence-electron chi connectivity index (χ1n) is 20.3. The number of nitrogens with one attached hydrogen (secondary N) is 2. The topological polar surface area (TPSA) is 63.9 Å². The van der Waals surface area contributed by atoms with Gasteiger partial charge in [0.05, 0.1) is 11.0 Å². The van der Waals surface area contributed by atoms with Crippen LogP contribution in [0.5, 0.6) is 0 Å². The predicted octanol–water partition coefficient (Wildman–Crippen LogP) is 9.97. The molecule has 0 spiro atoms. The molecule has 0 saturated heterocycles. The van der Waals surface area contributed by atoms with E-state index in [0.29, 0.717) is 0 Å². The van der Waals surface area contributed by atoms with Crippen LogP contribution in [-0.2, 0) is 0 Å². The number of hydrogen-bond acceptors (Lipinski definition) is 3. The zero-order chi connectivity index (χ0) is 38.9. The van der Waals surface area contributed by atoms with Crippen LogP contribution in [0.15, 0.2) is 192 Å². The maximum atomic E-state index is 6.54. The van der Waals surface area contributed by atoms with Crippen LogP contribution in [0.3, 0.4) is 0 Å². The predicted molar refractivity (Wildman–Crippen MR) is 240 cm³/mol. The van der Waals surface area contributed by atoms with Gasteiger partial charge in [0.2, 0.25) is 12.3 Å². The summed E-state index contributed by atoms with van der Waals surface area (Å²) < 4.78 is 8.93. The zero-order valence-electron chi connectivity index (χ0n) is 32.1. The molecule has 2 aromatic heterocycles. The molecule has 0 aliphatic carbocycles. The number of anilines is 2. The Balaban J connectivity index is 1.10.